The summed E-state index contributed by atoms with van der Waals surface area (Å²) in [5.74, 6) is -1.27. The van der Waals surface area contributed by atoms with E-state index in [0.717, 1.165) is 0 Å². The Morgan fingerprint density at radius 3 is 1.97 bits per heavy atom. The largest absolute Gasteiger partial charge is 0.278 e. The number of hydrazine groups is 1. The maximum absolute atomic E-state index is 12.6. The quantitative estimate of drug-likeness (QED) is 0.499. The molecule has 0 saturated carbocycles. The molecule has 0 radical (unpaired) electrons. The Bertz CT molecular complexity index is 1220. The van der Waals surface area contributed by atoms with Crippen LogP contribution in [0.1, 0.15) is 20.7 Å². The van der Waals surface area contributed by atoms with Gasteiger partial charge in [-0.1, -0.05) is 47.5 Å². The van der Waals surface area contributed by atoms with Crippen LogP contribution in [0.25, 0.3) is 0 Å². The number of carbonyl (C=O) groups is 2. The molecule has 30 heavy (non-hydrogen) atoms. The normalized spacial score (nSPS) is 10.9. The van der Waals surface area contributed by atoms with E-state index in [1.165, 1.54) is 42.5 Å². The number of rotatable bonds is 5. The lowest BCUT2D eigenvalue weighted by Gasteiger charge is -2.11. The van der Waals surface area contributed by atoms with E-state index in [1.807, 2.05) is 0 Å². The molecule has 7 nitrogen and oxygen atoms in total. The Morgan fingerprint density at radius 1 is 0.733 bits per heavy atom. The SMILES string of the molecule is O=C(NNC(=O)c1cccc(S(=O)(=O)Nc2ccccc2Cl)c1)c1cccc(Cl)c1. The average Bonchev–Trinajstić information content (AvgIpc) is 2.73. The number of para-hydroxylation sites is 1. The first-order valence-corrected chi connectivity index (χ1v) is 10.7. The maximum atomic E-state index is 12.6. The third-order valence-electron chi connectivity index (χ3n) is 3.90. The minimum atomic E-state index is -3.99. The second-order valence-corrected chi connectivity index (χ2v) is 8.56. The van der Waals surface area contributed by atoms with Gasteiger partial charge in [0.05, 0.1) is 15.6 Å². The van der Waals surface area contributed by atoms with Crippen molar-refractivity contribution in [2.75, 3.05) is 4.72 Å². The molecule has 154 valence electrons. The molecule has 10 heteroatoms. The Labute approximate surface area is 183 Å². The van der Waals surface area contributed by atoms with Gasteiger partial charge in [-0.05, 0) is 48.5 Å². The molecule has 3 aromatic rings. The van der Waals surface area contributed by atoms with Gasteiger partial charge in [-0.15, -0.1) is 0 Å². The molecule has 0 heterocycles. The van der Waals surface area contributed by atoms with E-state index in [0.29, 0.717) is 5.02 Å². The molecule has 0 aromatic heterocycles. The lowest BCUT2D eigenvalue weighted by molar-refractivity contribution is 0.0846. The highest BCUT2D eigenvalue weighted by Crippen LogP contribution is 2.24. The fourth-order valence-corrected chi connectivity index (χ4v) is 3.99. The topological polar surface area (TPSA) is 104 Å². The summed E-state index contributed by atoms with van der Waals surface area (Å²) in [6.45, 7) is 0. The monoisotopic (exact) mass is 463 g/mol. The lowest BCUT2D eigenvalue weighted by Crippen LogP contribution is -2.41. The van der Waals surface area contributed by atoms with E-state index < -0.39 is 21.8 Å². The van der Waals surface area contributed by atoms with Crippen LogP contribution in [0.2, 0.25) is 10.0 Å². The van der Waals surface area contributed by atoms with Gasteiger partial charge < -0.3 is 0 Å². The third kappa shape index (κ3) is 5.29. The summed E-state index contributed by atoms with van der Waals surface area (Å²) >= 11 is 11.8. The molecule has 0 fully saturated rings. The summed E-state index contributed by atoms with van der Waals surface area (Å²) in [5, 5.41) is 0.608. The van der Waals surface area contributed by atoms with Crippen LogP contribution in [0.4, 0.5) is 5.69 Å². The predicted molar refractivity (Wildman–Crippen MR) is 115 cm³/mol. The van der Waals surface area contributed by atoms with Crippen molar-refractivity contribution in [2.45, 2.75) is 4.90 Å². The maximum Gasteiger partial charge on any atom is 0.269 e. The smallest absolute Gasteiger partial charge is 0.269 e. The molecule has 0 atom stereocenters. The van der Waals surface area contributed by atoms with Crippen LogP contribution in [-0.2, 0) is 10.0 Å². The number of benzene rings is 3. The Kier molecular flexibility index (Phi) is 6.61. The van der Waals surface area contributed by atoms with Gasteiger partial charge in [0.2, 0.25) is 0 Å². The molecule has 0 aliphatic heterocycles. The number of halogens is 2. The third-order valence-corrected chi connectivity index (χ3v) is 5.83. The van der Waals surface area contributed by atoms with Crippen LogP contribution in [0.15, 0.2) is 77.7 Å². The zero-order valence-corrected chi connectivity index (χ0v) is 17.6. The molecule has 0 bridgehead atoms. The number of carbonyl (C=O) groups excluding carboxylic acids is 2. The number of hydrogen-bond donors (Lipinski definition) is 3. The van der Waals surface area contributed by atoms with Crippen LogP contribution in [0, 0.1) is 0 Å². The van der Waals surface area contributed by atoms with Crippen LogP contribution >= 0.6 is 23.2 Å². The molecule has 0 aliphatic rings. The highest BCUT2D eigenvalue weighted by molar-refractivity contribution is 7.92. The first-order valence-electron chi connectivity index (χ1n) is 8.50. The van der Waals surface area contributed by atoms with E-state index in [1.54, 1.807) is 30.3 Å². The Balaban J connectivity index is 1.72. The summed E-state index contributed by atoms with van der Waals surface area (Å²) in [6, 6.07) is 17.9. The second-order valence-electron chi connectivity index (χ2n) is 6.03. The number of hydrogen-bond acceptors (Lipinski definition) is 4. The van der Waals surface area contributed by atoms with Crippen LogP contribution in [-0.4, -0.2) is 20.2 Å². The van der Waals surface area contributed by atoms with Gasteiger partial charge in [0.25, 0.3) is 21.8 Å². The van der Waals surface area contributed by atoms with Crippen LogP contribution in [0.3, 0.4) is 0 Å². The molecular weight excluding hydrogens is 449 g/mol. The Morgan fingerprint density at radius 2 is 1.33 bits per heavy atom. The standard InChI is InChI=1S/C20H15Cl2N3O4S/c21-15-7-3-5-13(11-15)19(26)23-24-20(27)14-6-4-8-16(12-14)30(28,29)25-18-10-2-1-9-17(18)22/h1-12,25H,(H,23,26)(H,24,27). The highest BCUT2D eigenvalue weighted by atomic mass is 35.5. The van der Waals surface area contributed by atoms with Crippen molar-refractivity contribution in [1.29, 1.82) is 0 Å². The van der Waals surface area contributed by atoms with Crippen LogP contribution in [0.5, 0.6) is 0 Å². The predicted octanol–water partition coefficient (Wildman–Crippen LogP) is 3.87. The zero-order chi connectivity index (χ0) is 21.7. The first-order chi connectivity index (χ1) is 14.3. The van der Waals surface area contributed by atoms with E-state index >= 15 is 0 Å². The number of anilines is 1. The van der Waals surface area contributed by atoms with Gasteiger partial charge in [-0.2, -0.15) is 0 Å². The van der Waals surface area contributed by atoms with Crippen molar-refractivity contribution >= 4 is 50.7 Å². The summed E-state index contributed by atoms with van der Waals surface area (Å²) in [4.78, 5) is 24.3. The van der Waals surface area contributed by atoms with E-state index in [2.05, 4.69) is 15.6 Å². The van der Waals surface area contributed by atoms with E-state index in [-0.39, 0.29) is 26.7 Å². The number of sulfonamides is 1. The average molecular weight is 464 g/mol. The molecule has 3 N–H and O–H groups in total. The van der Waals surface area contributed by atoms with Crippen LogP contribution < -0.4 is 15.6 Å². The molecule has 3 aromatic carbocycles. The van der Waals surface area contributed by atoms with Gasteiger partial charge in [-0.25, -0.2) is 8.42 Å². The van der Waals surface area contributed by atoms with Gasteiger partial charge in [-0.3, -0.25) is 25.2 Å². The van der Waals surface area contributed by atoms with E-state index in [9.17, 15) is 18.0 Å². The van der Waals surface area contributed by atoms with Crippen molar-refractivity contribution in [3.05, 3.63) is 94.0 Å². The molecule has 0 unspecified atom stereocenters. The van der Waals surface area contributed by atoms with E-state index in [4.69, 9.17) is 23.2 Å². The number of amides is 2. The summed E-state index contributed by atoms with van der Waals surface area (Å²) < 4.78 is 27.6. The van der Waals surface area contributed by atoms with Gasteiger partial charge in [0.1, 0.15) is 0 Å². The summed E-state index contributed by atoms with van der Waals surface area (Å²) in [7, 11) is -3.99. The van der Waals surface area contributed by atoms with Crippen molar-refractivity contribution in [3.8, 4) is 0 Å². The summed E-state index contributed by atoms with van der Waals surface area (Å²) in [6.07, 6.45) is 0. The fourth-order valence-electron chi connectivity index (χ4n) is 2.44. The lowest BCUT2D eigenvalue weighted by atomic mass is 10.2. The second kappa shape index (κ2) is 9.17. The molecule has 0 spiro atoms. The highest BCUT2D eigenvalue weighted by Gasteiger charge is 2.18. The van der Waals surface area contributed by atoms with Crippen molar-refractivity contribution in [3.63, 3.8) is 0 Å². The molecule has 2 amide bonds. The molecule has 3 rings (SSSR count). The van der Waals surface area contributed by atoms with Crippen molar-refractivity contribution in [1.82, 2.24) is 10.9 Å². The molecular formula is C20H15Cl2N3O4S. The summed E-state index contributed by atoms with van der Waals surface area (Å²) in [5.41, 5.74) is 4.98. The van der Waals surface area contributed by atoms with Crippen molar-refractivity contribution < 1.29 is 18.0 Å². The minimum absolute atomic E-state index is 0.0310. The Hall–Kier alpha value is -3.07. The fraction of sp³-hybridized carbons (Fsp3) is 0. The number of nitrogens with one attached hydrogen (secondary N) is 3. The van der Waals surface area contributed by atoms with Gasteiger partial charge >= 0.3 is 0 Å². The first kappa shape index (κ1) is 21.6. The zero-order valence-electron chi connectivity index (χ0n) is 15.2. The van der Waals surface area contributed by atoms with Gasteiger partial charge in [0, 0.05) is 16.1 Å². The minimum Gasteiger partial charge on any atom is -0.278 e. The van der Waals surface area contributed by atoms with Crippen molar-refractivity contribution in [2.24, 2.45) is 0 Å². The molecule has 0 saturated heterocycles. The van der Waals surface area contributed by atoms with Gasteiger partial charge in [0.15, 0.2) is 0 Å². The molecule has 0 aliphatic carbocycles.